The molecule has 1 saturated heterocycles. The zero-order valence-electron chi connectivity index (χ0n) is 12.5. The van der Waals surface area contributed by atoms with E-state index in [1.165, 1.54) is 6.07 Å². The molecule has 1 N–H and O–H groups in total. The molecule has 3 nitrogen and oxygen atoms in total. The number of hydrogen-bond acceptors (Lipinski definition) is 2. The average Bonchev–Trinajstić information content (AvgIpc) is 2.50. The van der Waals surface area contributed by atoms with Gasteiger partial charge in [-0.2, -0.15) is 0 Å². The molecule has 1 fully saturated rings. The molecule has 0 spiro atoms. The van der Waals surface area contributed by atoms with Crippen LogP contribution in [0.25, 0.3) is 0 Å². The monoisotopic (exact) mass is 297 g/mol. The van der Waals surface area contributed by atoms with Crippen LogP contribution in [0.5, 0.6) is 0 Å². The molecule has 0 atom stereocenters. The summed E-state index contributed by atoms with van der Waals surface area (Å²) >= 11 is 0. The first-order chi connectivity index (χ1) is 9.94. The Balaban J connectivity index is 2.22. The van der Waals surface area contributed by atoms with Crippen LogP contribution in [0.15, 0.2) is 12.1 Å². The highest BCUT2D eigenvalue weighted by Crippen LogP contribution is 2.39. The highest BCUT2D eigenvalue weighted by molar-refractivity contribution is 5.88. The van der Waals surface area contributed by atoms with Crippen molar-refractivity contribution in [2.75, 3.05) is 18.0 Å². The summed E-state index contributed by atoms with van der Waals surface area (Å²) < 4.78 is 27.9. The molecule has 1 aromatic carbocycles. The molecule has 0 bridgehead atoms. The van der Waals surface area contributed by atoms with Crippen molar-refractivity contribution in [2.45, 2.75) is 39.5 Å². The number of nitrogens with zero attached hydrogens (tertiary/aromatic N) is 1. The molecule has 0 amide bonds. The zero-order valence-corrected chi connectivity index (χ0v) is 12.5. The summed E-state index contributed by atoms with van der Waals surface area (Å²) in [6.45, 7) is 5.68. The van der Waals surface area contributed by atoms with Crippen LogP contribution in [0.1, 0.15) is 49.9 Å². The second kappa shape index (κ2) is 6.00. The number of anilines is 1. The molecule has 0 aromatic heterocycles. The number of rotatable bonds is 4. The van der Waals surface area contributed by atoms with Crippen LogP contribution < -0.4 is 4.90 Å². The summed E-state index contributed by atoms with van der Waals surface area (Å²) in [6, 6.07) is 2.50. The Hall–Kier alpha value is -1.65. The first-order valence-corrected chi connectivity index (χ1v) is 7.40. The third-order valence-corrected chi connectivity index (χ3v) is 4.96. The minimum atomic E-state index is -1.45. The number of carboxylic acid groups (broad SMARTS) is 1. The van der Waals surface area contributed by atoms with E-state index in [1.54, 1.807) is 0 Å². The number of carbonyl (C=O) groups is 1. The van der Waals surface area contributed by atoms with Crippen LogP contribution in [0, 0.1) is 17.0 Å². The molecule has 5 heteroatoms. The smallest absolute Gasteiger partial charge is 0.338 e. The van der Waals surface area contributed by atoms with E-state index in [9.17, 15) is 13.6 Å². The fraction of sp³-hybridized carbons (Fsp3) is 0.562. The molecule has 1 heterocycles. The van der Waals surface area contributed by atoms with Crippen LogP contribution in [0.2, 0.25) is 0 Å². The van der Waals surface area contributed by atoms with Crippen LogP contribution in [0.4, 0.5) is 14.5 Å². The normalized spacial score (nSPS) is 17.8. The van der Waals surface area contributed by atoms with Crippen LogP contribution >= 0.6 is 0 Å². The van der Waals surface area contributed by atoms with Gasteiger partial charge in [0.2, 0.25) is 0 Å². The standard InChI is InChI=1S/C16H21F2NO2/c1-3-16(4-2)7-9-19(10-8-16)12-6-5-11(15(20)21)13(17)14(12)18/h5-6H,3-4,7-10H2,1-2H3,(H,20,21). The van der Waals surface area contributed by atoms with Gasteiger partial charge in [-0.15, -0.1) is 0 Å². The number of benzene rings is 1. The van der Waals surface area contributed by atoms with Crippen molar-refractivity contribution in [3.8, 4) is 0 Å². The van der Waals surface area contributed by atoms with Gasteiger partial charge in [0, 0.05) is 13.1 Å². The van der Waals surface area contributed by atoms with Crippen molar-refractivity contribution in [2.24, 2.45) is 5.41 Å². The summed E-state index contributed by atoms with van der Waals surface area (Å²) in [5.74, 6) is -3.79. The molecule has 0 unspecified atom stereocenters. The molecule has 0 aliphatic carbocycles. The third-order valence-electron chi connectivity index (χ3n) is 4.96. The molecule has 1 aliphatic rings. The van der Waals surface area contributed by atoms with Crippen molar-refractivity contribution in [1.82, 2.24) is 0 Å². The van der Waals surface area contributed by atoms with E-state index in [1.807, 2.05) is 4.90 Å². The number of piperidine rings is 1. The topological polar surface area (TPSA) is 40.5 Å². The molecular weight excluding hydrogens is 276 g/mol. The van der Waals surface area contributed by atoms with E-state index in [2.05, 4.69) is 13.8 Å². The van der Waals surface area contributed by atoms with Crippen LogP contribution in [-0.4, -0.2) is 24.2 Å². The summed E-state index contributed by atoms with van der Waals surface area (Å²) in [4.78, 5) is 12.6. The fourth-order valence-corrected chi connectivity index (χ4v) is 3.13. The van der Waals surface area contributed by atoms with E-state index in [0.29, 0.717) is 18.5 Å². The first kappa shape index (κ1) is 15.7. The van der Waals surface area contributed by atoms with Crippen LogP contribution in [0.3, 0.4) is 0 Å². The number of hydrogen-bond donors (Lipinski definition) is 1. The van der Waals surface area contributed by atoms with E-state index in [0.717, 1.165) is 31.7 Å². The molecule has 116 valence electrons. The van der Waals surface area contributed by atoms with E-state index < -0.39 is 23.2 Å². The molecular formula is C16H21F2NO2. The first-order valence-electron chi connectivity index (χ1n) is 7.40. The molecule has 0 saturated carbocycles. The summed E-state index contributed by atoms with van der Waals surface area (Å²) in [7, 11) is 0. The number of carboxylic acids is 1. The lowest BCUT2D eigenvalue weighted by Gasteiger charge is -2.42. The van der Waals surface area contributed by atoms with Gasteiger partial charge in [0.05, 0.1) is 11.3 Å². The SMILES string of the molecule is CCC1(CC)CCN(c2ccc(C(=O)O)c(F)c2F)CC1. The molecule has 1 aromatic rings. The number of aromatic carboxylic acids is 1. The van der Waals surface area contributed by atoms with Gasteiger partial charge in [-0.25, -0.2) is 13.6 Å². The Morgan fingerprint density at radius 2 is 1.76 bits per heavy atom. The maximum atomic E-state index is 14.1. The highest BCUT2D eigenvalue weighted by atomic mass is 19.2. The molecule has 1 aliphatic heterocycles. The Kier molecular flexibility index (Phi) is 4.49. The van der Waals surface area contributed by atoms with Crippen LogP contribution in [-0.2, 0) is 0 Å². The molecule has 21 heavy (non-hydrogen) atoms. The largest absolute Gasteiger partial charge is 0.478 e. The van der Waals surface area contributed by atoms with Crippen molar-refractivity contribution >= 4 is 11.7 Å². The minimum absolute atomic E-state index is 0.165. The average molecular weight is 297 g/mol. The molecule has 2 rings (SSSR count). The van der Waals surface area contributed by atoms with Crippen molar-refractivity contribution in [3.63, 3.8) is 0 Å². The fourth-order valence-electron chi connectivity index (χ4n) is 3.13. The highest BCUT2D eigenvalue weighted by Gasteiger charge is 2.32. The Bertz CT molecular complexity index is 531. The summed E-state index contributed by atoms with van der Waals surface area (Å²) in [5.41, 5.74) is -0.157. The maximum absolute atomic E-state index is 14.1. The predicted molar refractivity (Wildman–Crippen MR) is 77.8 cm³/mol. The molecule has 0 radical (unpaired) electrons. The van der Waals surface area contributed by atoms with Gasteiger partial charge in [-0.1, -0.05) is 26.7 Å². The quantitative estimate of drug-likeness (QED) is 0.910. The summed E-state index contributed by atoms with van der Waals surface area (Å²) in [6.07, 6.45) is 4.07. The third kappa shape index (κ3) is 2.87. The van der Waals surface area contributed by atoms with Crippen molar-refractivity contribution < 1.29 is 18.7 Å². The number of halogens is 2. The van der Waals surface area contributed by atoms with E-state index in [4.69, 9.17) is 5.11 Å². The summed E-state index contributed by atoms with van der Waals surface area (Å²) in [5, 5.41) is 8.80. The van der Waals surface area contributed by atoms with Gasteiger partial charge >= 0.3 is 5.97 Å². The van der Waals surface area contributed by atoms with Gasteiger partial charge in [-0.05, 0) is 30.4 Å². The second-order valence-electron chi connectivity index (χ2n) is 5.76. The van der Waals surface area contributed by atoms with Crippen molar-refractivity contribution in [3.05, 3.63) is 29.3 Å². The Morgan fingerprint density at radius 3 is 2.24 bits per heavy atom. The Labute approximate surface area is 123 Å². The van der Waals surface area contributed by atoms with Gasteiger partial charge in [-0.3, -0.25) is 0 Å². The van der Waals surface area contributed by atoms with Gasteiger partial charge < -0.3 is 10.0 Å². The zero-order chi connectivity index (χ0) is 15.6. The Morgan fingerprint density at radius 1 is 1.19 bits per heavy atom. The predicted octanol–water partition coefficient (Wildman–Crippen LogP) is 4.07. The van der Waals surface area contributed by atoms with Gasteiger partial charge in [0.1, 0.15) is 0 Å². The maximum Gasteiger partial charge on any atom is 0.338 e. The minimum Gasteiger partial charge on any atom is -0.478 e. The lowest BCUT2D eigenvalue weighted by Crippen LogP contribution is -2.40. The second-order valence-corrected chi connectivity index (χ2v) is 5.76. The van der Waals surface area contributed by atoms with E-state index in [-0.39, 0.29) is 5.69 Å². The lowest BCUT2D eigenvalue weighted by atomic mass is 9.74. The van der Waals surface area contributed by atoms with Crippen molar-refractivity contribution in [1.29, 1.82) is 0 Å². The van der Waals surface area contributed by atoms with E-state index >= 15 is 0 Å². The van der Waals surface area contributed by atoms with Gasteiger partial charge in [0.25, 0.3) is 0 Å². The van der Waals surface area contributed by atoms with Gasteiger partial charge in [0.15, 0.2) is 11.6 Å². The lowest BCUT2D eigenvalue weighted by molar-refractivity contribution is 0.0690.